The van der Waals surface area contributed by atoms with E-state index >= 15 is 0 Å². The van der Waals surface area contributed by atoms with Gasteiger partial charge in [0, 0.05) is 38.1 Å². The summed E-state index contributed by atoms with van der Waals surface area (Å²) in [5.41, 5.74) is 1.87. The van der Waals surface area contributed by atoms with Crippen LogP contribution in [-0.4, -0.2) is 37.2 Å². The van der Waals surface area contributed by atoms with Crippen molar-refractivity contribution in [3.63, 3.8) is 0 Å². The lowest BCUT2D eigenvalue weighted by atomic mass is 10.1. The SMILES string of the molecule is CCn1ccnc1[C@H]1OCC[C@@H]1NCc1cnn(-c2ccccc2)n1. The highest BCUT2D eigenvalue weighted by Crippen LogP contribution is 2.28. The number of para-hydroxylation sites is 1. The molecule has 1 saturated heterocycles. The van der Waals surface area contributed by atoms with E-state index in [-0.39, 0.29) is 12.1 Å². The molecule has 130 valence electrons. The molecule has 2 atom stereocenters. The second-order valence-corrected chi connectivity index (χ2v) is 6.10. The summed E-state index contributed by atoms with van der Waals surface area (Å²) in [5, 5.41) is 12.4. The lowest BCUT2D eigenvalue weighted by Crippen LogP contribution is -2.32. The molecule has 0 aliphatic carbocycles. The number of aromatic nitrogens is 5. The van der Waals surface area contributed by atoms with Crippen LogP contribution in [0.25, 0.3) is 5.69 Å². The Morgan fingerprint density at radius 1 is 1.28 bits per heavy atom. The summed E-state index contributed by atoms with van der Waals surface area (Å²) >= 11 is 0. The minimum Gasteiger partial charge on any atom is -0.369 e. The Labute approximate surface area is 146 Å². The van der Waals surface area contributed by atoms with Gasteiger partial charge in [-0.25, -0.2) is 4.98 Å². The Bertz CT molecular complexity index is 812. The number of aryl methyl sites for hydroxylation is 1. The maximum Gasteiger partial charge on any atom is 0.139 e. The van der Waals surface area contributed by atoms with Crippen molar-refractivity contribution in [1.82, 2.24) is 29.9 Å². The standard InChI is InChI=1S/C18H22N6O/c1-2-23-10-9-19-18(23)17-16(8-11-25-17)20-12-14-13-21-24(22-14)15-6-4-3-5-7-15/h3-7,9-10,13,16-17,20H,2,8,11-12H2,1H3/t16-,17-/m0/s1. The molecule has 1 aliphatic rings. The Morgan fingerprint density at radius 2 is 2.16 bits per heavy atom. The van der Waals surface area contributed by atoms with Crippen molar-refractivity contribution < 1.29 is 4.74 Å². The number of hydrogen-bond donors (Lipinski definition) is 1. The first-order chi connectivity index (χ1) is 12.3. The van der Waals surface area contributed by atoms with Crippen molar-refractivity contribution in [3.8, 4) is 5.69 Å². The maximum absolute atomic E-state index is 5.93. The fourth-order valence-electron chi connectivity index (χ4n) is 3.20. The second-order valence-electron chi connectivity index (χ2n) is 6.10. The zero-order valence-corrected chi connectivity index (χ0v) is 14.2. The van der Waals surface area contributed by atoms with Crippen LogP contribution in [0.3, 0.4) is 0 Å². The number of imidazole rings is 1. The first-order valence-corrected chi connectivity index (χ1v) is 8.68. The van der Waals surface area contributed by atoms with Crippen molar-refractivity contribution in [2.75, 3.05) is 6.61 Å². The Hall–Kier alpha value is -2.51. The fourth-order valence-corrected chi connectivity index (χ4v) is 3.20. The van der Waals surface area contributed by atoms with Crippen LogP contribution in [-0.2, 0) is 17.8 Å². The summed E-state index contributed by atoms with van der Waals surface area (Å²) in [6, 6.07) is 10.1. The van der Waals surface area contributed by atoms with Crippen molar-refractivity contribution in [3.05, 3.63) is 60.4 Å². The molecule has 0 saturated carbocycles. The first-order valence-electron chi connectivity index (χ1n) is 8.68. The predicted octanol–water partition coefficient (Wildman–Crippen LogP) is 2.10. The zero-order chi connectivity index (χ0) is 17.1. The average Bonchev–Trinajstić information content (AvgIpc) is 3.39. The van der Waals surface area contributed by atoms with E-state index in [4.69, 9.17) is 4.74 Å². The van der Waals surface area contributed by atoms with E-state index in [2.05, 4.69) is 32.0 Å². The van der Waals surface area contributed by atoms with Gasteiger partial charge in [0.2, 0.25) is 0 Å². The molecule has 1 N–H and O–H groups in total. The van der Waals surface area contributed by atoms with E-state index in [0.717, 1.165) is 36.8 Å². The number of benzene rings is 1. The molecule has 0 radical (unpaired) electrons. The normalized spacial score (nSPS) is 20.2. The molecule has 1 fully saturated rings. The molecular weight excluding hydrogens is 316 g/mol. The predicted molar refractivity (Wildman–Crippen MR) is 93.2 cm³/mol. The van der Waals surface area contributed by atoms with Crippen molar-refractivity contribution in [2.24, 2.45) is 0 Å². The van der Waals surface area contributed by atoms with E-state index in [1.807, 2.05) is 42.7 Å². The molecule has 2 aromatic heterocycles. The van der Waals surface area contributed by atoms with E-state index in [1.54, 1.807) is 11.0 Å². The largest absolute Gasteiger partial charge is 0.369 e. The van der Waals surface area contributed by atoms with Crippen molar-refractivity contribution in [1.29, 1.82) is 0 Å². The van der Waals surface area contributed by atoms with Crippen molar-refractivity contribution >= 4 is 0 Å². The fraction of sp³-hybridized carbons (Fsp3) is 0.389. The molecule has 3 aromatic rings. The van der Waals surface area contributed by atoms with Gasteiger partial charge in [0.05, 0.1) is 17.6 Å². The molecule has 1 aliphatic heterocycles. The minimum atomic E-state index is -0.0147. The van der Waals surface area contributed by atoms with Gasteiger partial charge in [0.25, 0.3) is 0 Å². The third-order valence-corrected chi connectivity index (χ3v) is 4.51. The average molecular weight is 338 g/mol. The molecule has 0 amide bonds. The highest BCUT2D eigenvalue weighted by atomic mass is 16.5. The molecular formula is C18H22N6O. The van der Waals surface area contributed by atoms with E-state index in [0.29, 0.717) is 6.54 Å². The first kappa shape index (κ1) is 16.0. The number of hydrogen-bond acceptors (Lipinski definition) is 5. The zero-order valence-electron chi connectivity index (χ0n) is 14.2. The molecule has 0 bridgehead atoms. The molecule has 25 heavy (non-hydrogen) atoms. The van der Waals surface area contributed by atoms with Crippen molar-refractivity contribution in [2.45, 2.75) is 38.6 Å². The summed E-state index contributed by atoms with van der Waals surface area (Å²) in [6.45, 7) is 4.41. The van der Waals surface area contributed by atoms with Crippen LogP contribution in [0.15, 0.2) is 48.9 Å². The van der Waals surface area contributed by atoms with Crippen LogP contribution in [0.5, 0.6) is 0 Å². The van der Waals surface area contributed by atoms with Crippen LogP contribution in [0.1, 0.15) is 31.0 Å². The summed E-state index contributed by atoms with van der Waals surface area (Å²) in [5.74, 6) is 0.991. The Balaban J connectivity index is 1.42. The number of rotatable bonds is 6. The van der Waals surface area contributed by atoms with E-state index in [9.17, 15) is 0 Å². The van der Waals surface area contributed by atoms with Gasteiger partial charge in [0.1, 0.15) is 11.9 Å². The number of nitrogens with one attached hydrogen (secondary N) is 1. The third-order valence-electron chi connectivity index (χ3n) is 4.51. The topological polar surface area (TPSA) is 69.8 Å². The maximum atomic E-state index is 5.93. The monoisotopic (exact) mass is 338 g/mol. The van der Waals surface area contributed by atoms with Crippen LogP contribution < -0.4 is 5.32 Å². The molecule has 7 heteroatoms. The molecule has 3 heterocycles. The smallest absolute Gasteiger partial charge is 0.139 e. The minimum absolute atomic E-state index is 0.0147. The molecule has 1 aromatic carbocycles. The van der Waals surface area contributed by atoms with Crippen LogP contribution in [0, 0.1) is 0 Å². The van der Waals surface area contributed by atoms with Crippen LogP contribution >= 0.6 is 0 Å². The summed E-state index contributed by atoms with van der Waals surface area (Å²) in [7, 11) is 0. The van der Waals surface area contributed by atoms with Gasteiger partial charge in [-0.2, -0.15) is 15.0 Å². The lowest BCUT2D eigenvalue weighted by molar-refractivity contribution is 0.0885. The summed E-state index contributed by atoms with van der Waals surface area (Å²) in [6.07, 6.45) is 6.59. The number of ether oxygens (including phenoxy) is 1. The summed E-state index contributed by atoms with van der Waals surface area (Å²) in [4.78, 5) is 6.14. The van der Waals surface area contributed by atoms with Gasteiger partial charge in [-0.1, -0.05) is 18.2 Å². The second kappa shape index (κ2) is 7.16. The van der Waals surface area contributed by atoms with Gasteiger partial charge in [-0.3, -0.25) is 0 Å². The van der Waals surface area contributed by atoms with Gasteiger partial charge in [-0.15, -0.1) is 0 Å². The Kier molecular flexibility index (Phi) is 4.58. The molecule has 7 nitrogen and oxygen atoms in total. The number of nitrogens with zero attached hydrogens (tertiary/aromatic N) is 5. The summed E-state index contributed by atoms with van der Waals surface area (Å²) < 4.78 is 8.06. The van der Waals surface area contributed by atoms with Gasteiger partial charge < -0.3 is 14.6 Å². The quantitative estimate of drug-likeness (QED) is 0.745. The third kappa shape index (κ3) is 3.33. The van der Waals surface area contributed by atoms with Gasteiger partial charge in [-0.05, 0) is 25.5 Å². The van der Waals surface area contributed by atoms with Gasteiger partial charge >= 0.3 is 0 Å². The molecule has 4 rings (SSSR count). The van der Waals surface area contributed by atoms with Crippen LogP contribution in [0.2, 0.25) is 0 Å². The van der Waals surface area contributed by atoms with E-state index < -0.39 is 0 Å². The highest BCUT2D eigenvalue weighted by molar-refractivity contribution is 5.28. The molecule has 0 spiro atoms. The van der Waals surface area contributed by atoms with Crippen LogP contribution in [0.4, 0.5) is 0 Å². The molecule has 0 unspecified atom stereocenters. The van der Waals surface area contributed by atoms with E-state index in [1.165, 1.54) is 0 Å². The lowest BCUT2D eigenvalue weighted by Gasteiger charge is -2.19. The Morgan fingerprint density at radius 3 is 3.00 bits per heavy atom. The van der Waals surface area contributed by atoms with Gasteiger partial charge in [0.15, 0.2) is 0 Å². The highest BCUT2D eigenvalue weighted by Gasteiger charge is 2.32.